The molecule has 3 heterocycles. The Labute approximate surface area is 175 Å². The summed E-state index contributed by atoms with van der Waals surface area (Å²) in [5.41, 5.74) is 3.50. The number of likely N-dealkylation sites (tertiary alicyclic amines) is 1. The van der Waals surface area contributed by atoms with E-state index in [1.807, 2.05) is 41.4 Å². The lowest BCUT2D eigenvalue weighted by Gasteiger charge is -2.36. The molecule has 30 heavy (non-hydrogen) atoms. The molecule has 1 atom stereocenters. The number of hydrogen-bond donors (Lipinski definition) is 1. The molecule has 0 radical (unpaired) electrons. The van der Waals surface area contributed by atoms with Gasteiger partial charge in [-0.3, -0.25) is 14.6 Å². The topological polar surface area (TPSA) is 75.3 Å². The summed E-state index contributed by atoms with van der Waals surface area (Å²) in [5, 5.41) is 0. The van der Waals surface area contributed by atoms with Crippen molar-refractivity contribution in [2.45, 2.75) is 31.7 Å². The number of nitrogens with one attached hydrogen (secondary N) is 1. The zero-order chi connectivity index (χ0) is 20.9. The Morgan fingerprint density at radius 1 is 1.13 bits per heavy atom. The molecule has 0 aliphatic carbocycles. The normalized spacial score (nSPS) is 16.3. The van der Waals surface area contributed by atoms with Crippen LogP contribution in [-0.2, 0) is 6.42 Å². The molecule has 1 aliphatic heterocycles. The highest BCUT2D eigenvalue weighted by Crippen LogP contribution is 2.32. The Hall–Kier alpha value is -3.41. The summed E-state index contributed by atoms with van der Waals surface area (Å²) in [7, 11) is 1.66. The minimum absolute atomic E-state index is 0.000662. The molecule has 3 aromatic rings. The summed E-state index contributed by atoms with van der Waals surface area (Å²) in [6.45, 7) is 0.705. The van der Waals surface area contributed by atoms with Crippen molar-refractivity contribution in [1.82, 2.24) is 14.9 Å². The molecular formula is C24H25N3O3. The molecule has 1 N–H and O–H groups in total. The number of ether oxygens (including phenoxy) is 1. The number of carbonyl (C=O) groups is 1. The van der Waals surface area contributed by atoms with Crippen molar-refractivity contribution in [1.29, 1.82) is 0 Å². The fourth-order valence-electron chi connectivity index (χ4n) is 3.92. The van der Waals surface area contributed by atoms with Gasteiger partial charge in [-0.05, 0) is 54.7 Å². The number of piperidine rings is 1. The van der Waals surface area contributed by atoms with E-state index >= 15 is 0 Å². The van der Waals surface area contributed by atoms with Crippen molar-refractivity contribution < 1.29 is 9.53 Å². The summed E-state index contributed by atoms with van der Waals surface area (Å²) in [6.07, 6.45) is 7.10. The molecule has 1 aromatic carbocycles. The first-order valence-electron chi connectivity index (χ1n) is 10.2. The average Bonchev–Trinajstić information content (AvgIpc) is 2.80. The summed E-state index contributed by atoms with van der Waals surface area (Å²) < 4.78 is 5.20. The second kappa shape index (κ2) is 8.95. The summed E-state index contributed by atoms with van der Waals surface area (Å²) in [6, 6.07) is 15.1. The second-order valence-corrected chi connectivity index (χ2v) is 7.56. The molecule has 0 spiro atoms. The lowest BCUT2D eigenvalue weighted by Crippen LogP contribution is -2.38. The predicted molar refractivity (Wildman–Crippen MR) is 115 cm³/mol. The molecule has 6 nitrogen and oxygen atoms in total. The van der Waals surface area contributed by atoms with Crippen LogP contribution in [0, 0.1) is 0 Å². The number of aromatic amines is 1. The Kier molecular flexibility index (Phi) is 5.93. The van der Waals surface area contributed by atoms with Crippen molar-refractivity contribution in [3.05, 3.63) is 93.7 Å². The maximum Gasteiger partial charge on any atom is 0.255 e. The van der Waals surface area contributed by atoms with Crippen LogP contribution in [0.25, 0.3) is 0 Å². The monoisotopic (exact) mass is 403 g/mol. The number of H-pyrrole nitrogens is 1. The number of benzene rings is 1. The fourth-order valence-corrected chi connectivity index (χ4v) is 3.92. The van der Waals surface area contributed by atoms with Gasteiger partial charge in [-0.2, -0.15) is 0 Å². The van der Waals surface area contributed by atoms with Crippen LogP contribution in [0.2, 0.25) is 0 Å². The van der Waals surface area contributed by atoms with Crippen LogP contribution >= 0.6 is 0 Å². The third-order valence-corrected chi connectivity index (χ3v) is 5.57. The third kappa shape index (κ3) is 4.43. The van der Waals surface area contributed by atoms with Crippen LogP contribution in [0.15, 0.2) is 65.7 Å². The van der Waals surface area contributed by atoms with Crippen LogP contribution in [-0.4, -0.2) is 34.4 Å². The highest BCUT2D eigenvalue weighted by atomic mass is 16.5. The van der Waals surface area contributed by atoms with Crippen LogP contribution in [0.3, 0.4) is 0 Å². The zero-order valence-corrected chi connectivity index (χ0v) is 17.0. The average molecular weight is 403 g/mol. The van der Waals surface area contributed by atoms with Crippen LogP contribution in [0.5, 0.6) is 5.75 Å². The minimum atomic E-state index is -0.210. The van der Waals surface area contributed by atoms with E-state index in [1.165, 1.54) is 17.8 Å². The van der Waals surface area contributed by atoms with Gasteiger partial charge in [-0.1, -0.05) is 18.2 Å². The third-order valence-electron chi connectivity index (χ3n) is 5.57. The molecule has 4 rings (SSSR count). The van der Waals surface area contributed by atoms with Gasteiger partial charge in [0.05, 0.1) is 18.7 Å². The quantitative estimate of drug-likeness (QED) is 0.704. The molecule has 1 amide bonds. The van der Waals surface area contributed by atoms with Crippen molar-refractivity contribution in [3.8, 4) is 5.75 Å². The fraction of sp³-hybridized carbons (Fsp3) is 0.292. The number of pyridine rings is 2. The van der Waals surface area contributed by atoms with Crippen molar-refractivity contribution in [2.24, 2.45) is 0 Å². The van der Waals surface area contributed by atoms with Crippen molar-refractivity contribution >= 4 is 5.91 Å². The SMILES string of the molecule is COc1ccc(Cc2ccc(C3CCCCN3C(=O)c3ccc(=O)[nH]c3)cn2)cc1. The minimum Gasteiger partial charge on any atom is -0.497 e. The van der Waals surface area contributed by atoms with Gasteiger partial charge in [-0.15, -0.1) is 0 Å². The molecule has 0 saturated carbocycles. The maximum absolute atomic E-state index is 13.0. The van der Waals surface area contributed by atoms with Gasteiger partial charge >= 0.3 is 0 Å². The number of hydrogen-bond acceptors (Lipinski definition) is 4. The molecule has 1 aliphatic rings. The Morgan fingerprint density at radius 3 is 2.63 bits per heavy atom. The number of aromatic nitrogens is 2. The maximum atomic E-state index is 13.0. The van der Waals surface area contributed by atoms with E-state index in [2.05, 4.69) is 16.0 Å². The molecule has 1 unspecified atom stereocenters. The van der Waals surface area contributed by atoms with E-state index in [4.69, 9.17) is 4.74 Å². The molecule has 0 bridgehead atoms. The van der Waals surface area contributed by atoms with Crippen molar-refractivity contribution in [3.63, 3.8) is 0 Å². The first-order valence-corrected chi connectivity index (χ1v) is 10.2. The largest absolute Gasteiger partial charge is 0.497 e. The van der Waals surface area contributed by atoms with E-state index in [0.29, 0.717) is 12.1 Å². The van der Waals surface area contributed by atoms with E-state index in [9.17, 15) is 9.59 Å². The number of nitrogens with zero attached hydrogens (tertiary/aromatic N) is 2. The highest BCUT2D eigenvalue weighted by molar-refractivity contribution is 5.94. The van der Waals surface area contributed by atoms with E-state index in [-0.39, 0.29) is 17.5 Å². The van der Waals surface area contributed by atoms with Crippen LogP contribution in [0.4, 0.5) is 0 Å². The Bertz CT molecular complexity index is 1040. The lowest BCUT2D eigenvalue weighted by atomic mass is 9.95. The molecule has 1 saturated heterocycles. The summed E-state index contributed by atoms with van der Waals surface area (Å²) >= 11 is 0. The zero-order valence-electron chi connectivity index (χ0n) is 17.0. The smallest absolute Gasteiger partial charge is 0.255 e. The van der Waals surface area contributed by atoms with E-state index < -0.39 is 0 Å². The molecule has 6 heteroatoms. The molecule has 154 valence electrons. The van der Waals surface area contributed by atoms with Gasteiger partial charge in [0.25, 0.3) is 5.91 Å². The number of rotatable bonds is 5. The number of methoxy groups -OCH3 is 1. The van der Waals surface area contributed by atoms with Gasteiger partial charge in [0, 0.05) is 37.1 Å². The molecule has 1 fully saturated rings. The lowest BCUT2D eigenvalue weighted by molar-refractivity contribution is 0.0610. The predicted octanol–water partition coefficient (Wildman–Crippen LogP) is 3.74. The highest BCUT2D eigenvalue weighted by Gasteiger charge is 2.29. The second-order valence-electron chi connectivity index (χ2n) is 7.56. The Morgan fingerprint density at radius 2 is 1.97 bits per heavy atom. The van der Waals surface area contributed by atoms with Gasteiger partial charge in [0.1, 0.15) is 5.75 Å². The Balaban J connectivity index is 1.50. The standard InChI is InChI=1S/C24H25N3O3/c1-30-21-10-5-17(6-11-21)14-20-9-7-18(15-25-20)22-4-2-3-13-27(22)24(29)19-8-12-23(28)26-16-19/h5-12,15-16,22H,2-4,13-14H2,1H3,(H,26,28). The van der Waals surface area contributed by atoms with Crippen LogP contribution in [0.1, 0.15) is 52.5 Å². The van der Waals surface area contributed by atoms with Gasteiger partial charge in [-0.25, -0.2) is 0 Å². The van der Waals surface area contributed by atoms with Crippen molar-refractivity contribution in [2.75, 3.05) is 13.7 Å². The van der Waals surface area contributed by atoms with Crippen LogP contribution < -0.4 is 10.3 Å². The first kappa shape index (κ1) is 19.9. The molecule has 2 aromatic heterocycles. The summed E-state index contributed by atoms with van der Waals surface area (Å²) in [4.78, 5) is 33.5. The number of amides is 1. The summed E-state index contributed by atoms with van der Waals surface area (Å²) in [5.74, 6) is 0.782. The van der Waals surface area contributed by atoms with E-state index in [0.717, 1.165) is 42.7 Å². The van der Waals surface area contributed by atoms with Gasteiger partial charge in [0.2, 0.25) is 5.56 Å². The number of carbonyl (C=O) groups excluding carboxylic acids is 1. The van der Waals surface area contributed by atoms with Gasteiger partial charge < -0.3 is 14.6 Å². The van der Waals surface area contributed by atoms with Gasteiger partial charge in [0.15, 0.2) is 0 Å². The molecular weight excluding hydrogens is 378 g/mol. The first-order chi connectivity index (χ1) is 14.6. The van der Waals surface area contributed by atoms with E-state index in [1.54, 1.807) is 13.2 Å².